The summed E-state index contributed by atoms with van der Waals surface area (Å²) in [4.78, 5) is 31.8. The molecule has 0 aliphatic carbocycles. The summed E-state index contributed by atoms with van der Waals surface area (Å²) in [6.07, 6.45) is -2.09. The van der Waals surface area contributed by atoms with Gasteiger partial charge in [-0.1, -0.05) is 23.2 Å². The largest absolute Gasteiger partial charge is 0.444 e. The zero-order valence-corrected chi connectivity index (χ0v) is 33.3. The quantitative estimate of drug-likeness (QED) is 0.385. The molecule has 2 N–H and O–H groups in total. The number of ether oxygens (including phenoxy) is 3. The van der Waals surface area contributed by atoms with Gasteiger partial charge in [-0.25, -0.2) is 18.4 Å². The standard InChI is InChI=1S/C19H25ClFN3O4.C19H23ClFN3O3/c1-19(2,3)28-18(27)24-5-4-23(14(9-24)11-25)10-16(26)12-6-13(8-22)17(21)15(20)7-12;1-19(2,3)27-18(25)24-5-4-23-10-16(26-11-14(23)9-24)12-6-13(8-22)17(21)15(20)7-12/h6-7,14,16,25-26H,4-5,9-11H2,1-3H3;6-7,14,16H,4-5,9-11H2,1-3H3/t14-,16?;14-,16-/m00/s1. The minimum atomic E-state index is -1.03. The molecule has 0 radical (unpaired) electrons. The van der Waals surface area contributed by atoms with Crippen LogP contribution >= 0.6 is 23.2 Å². The fourth-order valence-electron chi connectivity index (χ4n) is 6.37. The molecule has 3 aliphatic rings. The number of hydrogen-bond acceptors (Lipinski definition) is 11. The van der Waals surface area contributed by atoms with Crippen LogP contribution in [0.4, 0.5) is 18.4 Å². The fraction of sp³-hybridized carbons (Fsp3) is 0.579. The summed E-state index contributed by atoms with van der Waals surface area (Å²) in [6, 6.07) is 8.77. The third-order valence-electron chi connectivity index (χ3n) is 9.12. The lowest BCUT2D eigenvalue weighted by atomic mass is 10.0. The lowest BCUT2D eigenvalue weighted by Crippen LogP contribution is -2.60. The lowest BCUT2D eigenvalue weighted by molar-refractivity contribution is -0.0906. The van der Waals surface area contributed by atoms with E-state index in [1.54, 1.807) is 31.7 Å². The highest BCUT2D eigenvalue weighted by Gasteiger charge is 2.37. The Hall–Kier alpha value is -3.80. The number of morpholine rings is 1. The first-order chi connectivity index (χ1) is 25.7. The van der Waals surface area contributed by atoms with Gasteiger partial charge in [0.05, 0.1) is 58.7 Å². The number of piperazine rings is 2. The Kier molecular flexibility index (Phi) is 14.7. The predicted octanol–water partition coefficient (Wildman–Crippen LogP) is 5.64. The second-order valence-corrected chi connectivity index (χ2v) is 16.4. The SMILES string of the molecule is CC(C)(C)OC(=O)N1CCN(CC(O)c2cc(Cl)c(F)c(C#N)c2)[C@H](CO)C1.CC(C)(C)OC(=O)N1CCN2C[C@@H](c3cc(Cl)c(F)c(C#N)c3)OC[C@@H]2C1. The van der Waals surface area contributed by atoms with E-state index in [9.17, 15) is 28.6 Å². The van der Waals surface area contributed by atoms with E-state index in [4.69, 9.17) is 47.9 Å². The molecule has 3 heterocycles. The van der Waals surface area contributed by atoms with Crippen LogP contribution in [-0.2, 0) is 14.2 Å². The smallest absolute Gasteiger partial charge is 0.410 e. The molecule has 1 unspecified atom stereocenters. The molecule has 55 heavy (non-hydrogen) atoms. The maximum atomic E-state index is 13.8. The highest BCUT2D eigenvalue weighted by molar-refractivity contribution is 6.31. The van der Waals surface area contributed by atoms with Crippen molar-refractivity contribution in [3.05, 3.63) is 68.2 Å². The minimum Gasteiger partial charge on any atom is -0.444 e. The van der Waals surface area contributed by atoms with Crippen LogP contribution in [-0.4, -0.2) is 131 Å². The van der Waals surface area contributed by atoms with Crippen LogP contribution in [0.15, 0.2) is 24.3 Å². The number of fused-ring (bicyclic) bond motifs is 1. The van der Waals surface area contributed by atoms with E-state index < -0.39 is 35.0 Å². The first kappa shape index (κ1) is 43.9. The van der Waals surface area contributed by atoms with E-state index in [0.29, 0.717) is 57.0 Å². The molecule has 300 valence electrons. The maximum absolute atomic E-state index is 13.8. The number of nitriles is 2. The van der Waals surface area contributed by atoms with Gasteiger partial charge in [-0.3, -0.25) is 9.80 Å². The summed E-state index contributed by atoms with van der Waals surface area (Å²) in [6.45, 7) is 14.7. The summed E-state index contributed by atoms with van der Waals surface area (Å²) in [5, 5.41) is 38.0. The van der Waals surface area contributed by atoms with Gasteiger partial charge in [0.2, 0.25) is 0 Å². The van der Waals surface area contributed by atoms with E-state index in [1.807, 2.05) is 31.7 Å². The van der Waals surface area contributed by atoms with Crippen LogP contribution in [0.5, 0.6) is 0 Å². The molecule has 13 nitrogen and oxygen atoms in total. The third kappa shape index (κ3) is 11.9. The number of benzene rings is 2. The van der Waals surface area contributed by atoms with E-state index in [-0.39, 0.29) is 65.1 Å². The molecule has 3 fully saturated rings. The topological polar surface area (TPSA) is 163 Å². The number of carbonyl (C=O) groups is 2. The van der Waals surface area contributed by atoms with Gasteiger partial charge in [0.15, 0.2) is 11.6 Å². The molecule has 0 aromatic heterocycles. The van der Waals surface area contributed by atoms with Gasteiger partial charge in [-0.05, 0) is 76.9 Å². The zero-order chi connectivity index (χ0) is 40.8. The monoisotopic (exact) mass is 808 g/mol. The van der Waals surface area contributed by atoms with Crippen molar-refractivity contribution in [2.24, 2.45) is 0 Å². The van der Waals surface area contributed by atoms with Gasteiger partial charge < -0.3 is 34.2 Å². The molecule has 3 aliphatic heterocycles. The second-order valence-electron chi connectivity index (χ2n) is 15.6. The number of rotatable bonds is 5. The molecule has 4 atom stereocenters. The van der Waals surface area contributed by atoms with Gasteiger partial charge in [-0.2, -0.15) is 10.5 Å². The van der Waals surface area contributed by atoms with E-state index >= 15 is 0 Å². The van der Waals surface area contributed by atoms with Gasteiger partial charge in [0.25, 0.3) is 0 Å². The number of hydrogen-bond donors (Lipinski definition) is 2. The van der Waals surface area contributed by atoms with Crippen molar-refractivity contribution in [2.75, 3.05) is 65.6 Å². The molecule has 0 spiro atoms. The number of amides is 2. The van der Waals surface area contributed by atoms with Crippen molar-refractivity contribution in [1.82, 2.24) is 19.6 Å². The molecule has 5 rings (SSSR count). The zero-order valence-electron chi connectivity index (χ0n) is 31.8. The van der Waals surface area contributed by atoms with Gasteiger partial charge in [-0.15, -0.1) is 0 Å². The Balaban J connectivity index is 0.000000245. The summed E-state index contributed by atoms with van der Waals surface area (Å²) in [7, 11) is 0. The average molecular weight is 810 g/mol. The van der Waals surface area contributed by atoms with E-state index in [0.717, 1.165) is 0 Å². The normalized spacial score (nSPS) is 21.3. The third-order valence-corrected chi connectivity index (χ3v) is 9.67. The van der Waals surface area contributed by atoms with Crippen molar-refractivity contribution in [3.8, 4) is 12.1 Å². The molecule has 17 heteroatoms. The number of carbonyl (C=O) groups excluding carboxylic acids is 2. The molecule has 2 aromatic rings. The highest BCUT2D eigenvalue weighted by atomic mass is 35.5. The maximum Gasteiger partial charge on any atom is 0.410 e. The number of aliphatic hydroxyl groups is 2. The summed E-state index contributed by atoms with van der Waals surface area (Å²) in [5.41, 5.74) is -0.463. The fourth-order valence-corrected chi connectivity index (χ4v) is 6.82. The lowest BCUT2D eigenvalue weighted by Gasteiger charge is -2.46. The van der Waals surface area contributed by atoms with Crippen LogP contribution in [0.1, 0.15) is 76.0 Å². The molecule has 0 bridgehead atoms. The van der Waals surface area contributed by atoms with Crippen LogP contribution in [0.3, 0.4) is 0 Å². The minimum absolute atomic E-state index is 0.0777. The van der Waals surface area contributed by atoms with Gasteiger partial charge >= 0.3 is 12.2 Å². The highest BCUT2D eigenvalue weighted by Crippen LogP contribution is 2.31. The van der Waals surface area contributed by atoms with Crippen molar-refractivity contribution in [3.63, 3.8) is 0 Å². The molecular weight excluding hydrogens is 761 g/mol. The predicted molar refractivity (Wildman–Crippen MR) is 199 cm³/mol. The first-order valence-electron chi connectivity index (χ1n) is 17.9. The number of β-amino-alcohol motifs (C(OH)–C–C–N with tert-alkyl or cyclic N) is 1. The Morgan fingerprint density at radius 2 is 1.42 bits per heavy atom. The Labute approximate surface area is 330 Å². The Morgan fingerprint density at radius 3 is 1.98 bits per heavy atom. The van der Waals surface area contributed by atoms with E-state index in [1.165, 1.54) is 29.2 Å². The number of halogens is 4. The Bertz CT molecular complexity index is 1790. The summed E-state index contributed by atoms with van der Waals surface area (Å²) in [5.74, 6) is -1.53. The molecular formula is C38H48Cl2F2N6O7. The van der Waals surface area contributed by atoms with Crippen molar-refractivity contribution in [1.29, 1.82) is 10.5 Å². The van der Waals surface area contributed by atoms with Crippen LogP contribution in [0.2, 0.25) is 10.0 Å². The first-order valence-corrected chi connectivity index (χ1v) is 18.6. The summed E-state index contributed by atoms with van der Waals surface area (Å²) < 4.78 is 44.3. The van der Waals surface area contributed by atoms with Crippen LogP contribution in [0, 0.1) is 34.3 Å². The van der Waals surface area contributed by atoms with Crippen LogP contribution < -0.4 is 0 Å². The molecule has 2 aromatic carbocycles. The molecule has 3 saturated heterocycles. The average Bonchev–Trinajstić information content (AvgIpc) is 3.12. The number of aliphatic hydroxyl groups excluding tert-OH is 2. The van der Waals surface area contributed by atoms with Gasteiger partial charge in [0.1, 0.15) is 23.3 Å². The Morgan fingerprint density at radius 1 is 0.873 bits per heavy atom. The van der Waals surface area contributed by atoms with Gasteiger partial charge in [0, 0.05) is 52.4 Å². The number of nitrogens with zero attached hydrogens (tertiary/aromatic N) is 6. The van der Waals surface area contributed by atoms with Crippen molar-refractivity contribution < 1.29 is 42.8 Å². The van der Waals surface area contributed by atoms with Crippen LogP contribution in [0.25, 0.3) is 0 Å². The molecule has 0 saturated carbocycles. The van der Waals surface area contributed by atoms with Crippen molar-refractivity contribution >= 4 is 35.4 Å². The second kappa shape index (κ2) is 18.4. The van der Waals surface area contributed by atoms with E-state index in [2.05, 4.69) is 4.90 Å². The molecule has 2 amide bonds. The van der Waals surface area contributed by atoms with Crippen molar-refractivity contribution in [2.45, 2.75) is 77.0 Å². The summed E-state index contributed by atoms with van der Waals surface area (Å²) >= 11 is 11.7.